The monoisotopic (exact) mass is 348 g/mol. The van der Waals surface area contributed by atoms with Crippen LogP contribution in [-0.4, -0.2) is 27.3 Å². The number of benzene rings is 2. The van der Waals surface area contributed by atoms with E-state index in [0.29, 0.717) is 26.2 Å². The molecule has 0 fully saturated rings. The fourth-order valence-electron chi connectivity index (χ4n) is 2.21. The molecule has 2 N–H and O–H groups in total. The SMILES string of the molecule is CCOc1cccc(CNCCS(=O)(=O)NCc2ccccc2)c1. The van der Waals surface area contributed by atoms with E-state index in [-0.39, 0.29) is 5.75 Å². The van der Waals surface area contributed by atoms with Crippen molar-refractivity contribution in [2.45, 2.75) is 20.0 Å². The van der Waals surface area contributed by atoms with Crippen molar-refractivity contribution in [2.75, 3.05) is 18.9 Å². The fourth-order valence-corrected chi connectivity index (χ4v) is 3.16. The zero-order valence-electron chi connectivity index (χ0n) is 13.9. The predicted octanol–water partition coefficient (Wildman–Crippen LogP) is 2.29. The van der Waals surface area contributed by atoms with Crippen LogP contribution in [0.2, 0.25) is 0 Å². The van der Waals surface area contributed by atoms with Crippen LogP contribution in [0.3, 0.4) is 0 Å². The molecule has 0 radical (unpaired) electrons. The van der Waals surface area contributed by atoms with Gasteiger partial charge in [-0.15, -0.1) is 0 Å². The second-order valence-corrected chi connectivity index (χ2v) is 7.31. The number of hydrogen-bond donors (Lipinski definition) is 2. The highest BCUT2D eigenvalue weighted by molar-refractivity contribution is 7.89. The molecule has 0 unspecified atom stereocenters. The van der Waals surface area contributed by atoms with Crippen LogP contribution in [-0.2, 0) is 23.1 Å². The van der Waals surface area contributed by atoms with E-state index in [2.05, 4.69) is 10.0 Å². The standard InChI is InChI=1S/C18H24N2O3S/c1-2-23-18-10-6-9-17(13-18)14-19-11-12-24(21,22)20-15-16-7-4-3-5-8-16/h3-10,13,19-20H,2,11-12,14-15H2,1H3. The molecule has 24 heavy (non-hydrogen) atoms. The fraction of sp³-hybridized carbons (Fsp3) is 0.333. The minimum Gasteiger partial charge on any atom is -0.494 e. The summed E-state index contributed by atoms with van der Waals surface area (Å²) in [5.41, 5.74) is 2.01. The molecule has 0 heterocycles. The molecular weight excluding hydrogens is 324 g/mol. The van der Waals surface area contributed by atoms with Crippen molar-refractivity contribution >= 4 is 10.0 Å². The maximum Gasteiger partial charge on any atom is 0.213 e. The topological polar surface area (TPSA) is 67.4 Å². The third-order valence-corrected chi connectivity index (χ3v) is 4.75. The van der Waals surface area contributed by atoms with Gasteiger partial charge in [-0.25, -0.2) is 13.1 Å². The summed E-state index contributed by atoms with van der Waals surface area (Å²) in [5.74, 6) is 0.874. The van der Waals surface area contributed by atoms with E-state index in [1.165, 1.54) is 0 Å². The Morgan fingerprint density at radius 3 is 2.46 bits per heavy atom. The Balaban J connectivity index is 1.72. The van der Waals surface area contributed by atoms with Crippen LogP contribution in [0.15, 0.2) is 54.6 Å². The van der Waals surface area contributed by atoms with Crippen LogP contribution >= 0.6 is 0 Å². The van der Waals surface area contributed by atoms with Gasteiger partial charge in [0, 0.05) is 19.6 Å². The average Bonchev–Trinajstić information content (AvgIpc) is 2.59. The highest BCUT2D eigenvalue weighted by Gasteiger charge is 2.09. The number of sulfonamides is 1. The molecule has 0 aliphatic carbocycles. The molecule has 0 aliphatic rings. The maximum absolute atomic E-state index is 12.0. The lowest BCUT2D eigenvalue weighted by Crippen LogP contribution is -2.31. The predicted molar refractivity (Wildman–Crippen MR) is 96.4 cm³/mol. The third kappa shape index (κ3) is 6.70. The Bertz CT molecular complexity index is 718. The van der Waals surface area contributed by atoms with Crippen LogP contribution in [0.1, 0.15) is 18.1 Å². The van der Waals surface area contributed by atoms with Gasteiger partial charge in [0.2, 0.25) is 10.0 Å². The molecular formula is C18H24N2O3S. The van der Waals surface area contributed by atoms with Gasteiger partial charge in [0.1, 0.15) is 5.75 Å². The molecule has 0 atom stereocenters. The van der Waals surface area contributed by atoms with Crippen molar-refractivity contribution in [1.29, 1.82) is 0 Å². The lowest BCUT2D eigenvalue weighted by Gasteiger charge is -2.09. The van der Waals surface area contributed by atoms with Crippen molar-refractivity contribution < 1.29 is 13.2 Å². The molecule has 2 aromatic carbocycles. The van der Waals surface area contributed by atoms with Gasteiger partial charge >= 0.3 is 0 Å². The minimum absolute atomic E-state index is 0.0466. The molecule has 2 rings (SSSR count). The molecule has 5 nitrogen and oxygen atoms in total. The third-order valence-electron chi connectivity index (χ3n) is 3.43. The molecule has 2 aromatic rings. The van der Waals surface area contributed by atoms with E-state index in [0.717, 1.165) is 16.9 Å². The van der Waals surface area contributed by atoms with Gasteiger partial charge < -0.3 is 10.1 Å². The second kappa shape index (κ2) is 9.42. The first-order chi connectivity index (χ1) is 11.6. The second-order valence-electron chi connectivity index (χ2n) is 5.38. The van der Waals surface area contributed by atoms with Crippen LogP contribution in [0, 0.1) is 0 Å². The van der Waals surface area contributed by atoms with Crippen molar-refractivity contribution in [2.24, 2.45) is 0 Å². The molecule has 0 saturated carbocycles. The van der Waals surface area contributed by atoms with Crippen LogP contribution < -0.4 is 14.8 Å². The van der Waals surface area contributed by atoms with Gasteiger partial charge in [-0.2, -0.15) is 0 Å². The number of ether oxygens (including phenoxy) is 1. The van der Waals surface area contributed by atoms with Gasteiger partial charge in [0.25, 0.3) is 0 Å². The molecule has 0 aliphatic heterocycles. The normalized spacial score (nSPS) is 11.4. The Hall–Kier alpha value is -1.89. The van der Waals surface area contributed by atoms with Crippen LogP contribution in [0.4, 0.5) is 0 Å². The zero-order valence-corrected chi connectivity index (χ0v) is 14.7. The van der Waals surface area contributed by atoms with Crippen molar-refractivity contribution in [1.82, 2.24) is 10.0 Å². The Labute approximate surface area is 144 Å². The molecule has 0 aromatic heterocycles. The number of nitrogens with one attached hydrogen (secondary N) is 2. The molecule has 0 bridgehead atoms. The summed E-state index contributed by atoms with van der Waals surface area (Å²) in [5, 5.41) is 3.15. The van der Waals surface area contributed by atoms with Gasteiger partial charge in [-0.1, -0.05) is 42.5 Å². The zero-order chi connectivity index (χ0) is 17.3. The van der Waals surface area contributed by atoms with Gasteiger partial charge in [0.15, 0.2) is 0 Å². The quantitative estimate of drug-likeness (QED) is 0.647. The van der Waals surface area contributed by atoms with Crippen molar-refractivity contribution in [3.05, 3.63) is 65.7 Å². The Kier molecular flexibility index (Phi) is 7.24. The first-order valence-electron chi connectivity index (χ1n) is 8.03. The lowest BCUT2D eigenvalue weighted by molar-refractivity contribution is 0.340. The highest BCUT2D eigenvalue weighted by atomic mass is 32.2. The van der Waals surface area contributed by atoms with Crippen LogP contribution in [0.25, 0.3) is 0 Å². The highest BCUT2D eigenvalue weighted by Crippen LogP contribution is 2.12. The van der Waals surface area contributed by atoms with E-state index >= 15 is 0 Å². The molecule has 0 spiro atoms. The largest absolute Gasteiger partial charge is 0.494 e. The first-order valence-corrected chi connectivity index (χ1v) is 9.68. The summed E-state index contributed by atoms with van der Waals surface area (Å²) in [4.78, 5) is 0. The maximum atomic E-state index is 12.0. The van der Waals surface area contributed by atoms with Gasteiger partial charge in [-0.05, 0) is 30.2 Å². The van der Waals surface area contributed by atoms with E-state index in [1.54, 1.807) is 0 Å². The van der Waals surface area contributed by atoms with E-state index in [1.807, 2.05) is 61.5 Å². The van der Waals surface area contributed by atoms with Gasteiger partial charge in [-0.3, -0.25) is 0 Å². The van der Waals surface area contributed by atoms with E-state index in [4.69, 9.17) is 4.74 Å². The molecule has 0 amide bonds. The lowest BCUT2D eigenvalue weighted by atomic mass is 10.2. The van der Waals surface area contributed by atoms with Gasteiger partial charge in [0.05, 0.1) is 12.4 Å². The van der Waals surface area contributed by atoms with Crippen molar-refractivity contribution in [3.8, 4) is 5.75 Å². The van der Waals surface area contributed by atoms with Crippen LogP contribution in [0.5, 0.6) is 5.75 Å². The first kappa shape index (κ1) is 18.4. The summed E-state index contributed by atoms with van der Waals surface area (Å²) in [6.07, 6.45) is 0. The Morgan fingerprint density at radius 2 is 1.71 bits per heavy atom. The summed E-state index contributed by atoms with van der Waals surface area (Å²) in [6, 6.07) is 17.3. The van der Waals surface area contributed by atoms with Crippen molar-refractivity contribution in [3.63, 3.8) is 0 Å². The van der Waals surface area contributed by atoms with E-state index < -0.39 is 10.0 Å². The smallest absolute Gasteiger partial charge is 0.213 e. The number of rotatable bonds is 10. The summed E-state index contributed by atoms with van der Waals surface area (Å²) in [7, 11) is -3.29. The van der Waals surface area contributed by atoms with E-state index in [9.17, 15) is 8.42 Å². The Morgan fingerprint density at radius 1 is 0.958 bits per heavy atom. The molecule has 130 valence electrons. The summed E-state index contributed by atoms with van der Waals surface area (Å²) in [6.45, 7) is 3.89. The summed E-state index contributed by atoms with van der Waals surface area (Å²) < 4.78 is 32.0. The average molecular weight is 348 g/mol. The summed E-state index contributed by atoms with van der Waals surface area (Å²) >= 11 is 0. The molecule has 0 saturated heterocycles. The minimum atomic E-state index is -3.29. The molecule has 6 heteroatoms. The number of hydrogen-bond acceptors (Lipinski definition) is 4.